The molecule has 0 amide bonds. The van der Waals surface area contributed by atoms with Crippen molar-refractivity contribution in [1.82, 2.24) is 29.4 Å². The zero-order valence-electron chi connectivity index (χ0n) is 21.8. The normalized spacial score (nSPS) is 23.8. The van der Waals surface area contributed by atoms with Crippen LogP contribution in [0.3, 0.4) is 0 Å². The van der Waals surface area contributed by atoms with Gasteiger partial charge in [-0.3, -0.25) is 0 Å². The highest BCUT2D eigenvalue weighted by atomic mass is 15.2. The first-order chi connectivity index (χ1) is 16.3. The van der Waals surface area contributed by atoms with Gasteiger partial charge in [0.15, 0.2) is 0 Å². The fraction of sp³-hybridized carbons (Fsp3) is 1.00. The quantitative estimate of drug-likeness (QED) is 0.348. The van der Waals surface area contributed by atoms with Crippen LogP contribution in [0.15, 0.2) is 0 Å². The molecular formula is C27H54N6. The minimum atomic E-state index is 1.27. The fourth-order valence-electron chi connectivity index (χ4n) is 6.35. The lowest BCUT2D eigenvalue weighted by Crippen LogP contribution is -2.42. The zero-order valence-corrected chi connectivity index (χ0v) is 21.8. The molecule has 0 aromatic rings. The summed E-state index contributed by atoms with van der Waals surface area (Å²) in [5.41, 5.74) is 0. The van der Waals surface area contributed by atoms with Crippen molar-refractivity contribution in [1.29, 1.82) is 0 Å². The summed E-state index contributed by atoms with van der Waals surface area (Å²) in [7, 11) is 0. The Morgan fingerprint density at radius 2 is 0.576 bits per heavy atom. The van der Waals surface area contributed by atoms with Crippen LogP contribution in [0.2, 0.25) is 0 Å². The second-order valence-corrected chi connectivity index (χ2v) is 11.2. The van der Waals surface area contributed by atoms with E-state index in [4.69, 9.17) is 0 Å². The second kappa shape index (κ2) is 15.0. The van der Waals surface area contributed by atoms with Gasteiger partial charge in [-0.15, -0.1) is 0 Å². The van der Waals surface area contributed by atoms with Crippen molar-refractivity contribution >= 4 is 0 Å². The summed E-state index contributed by atoms with van der Waals surface area (Å²) in [6.07, 6.45) is 12.6. The summed E-state index contributed by atoms with van der Waals surface area (Å²) in [6, 6.07) is 0. The molecule has 0 spiro atoms. The zero-order chi connectivity index (χ0) is 22.6. The molecule has 0 unspecified atom stereocenters. The van der Waals surface area contributed by atoms with Gasteiger partial charge >= 0.3 is 0 Å². The van der Waals surface area contributed by atoms with Crippen LogP contribution >= 0.6 is 0 Å². The van der Waals surface area contributed by atoms with Gasteiger partial charge in [0.25, 0.3) is 0 Å². The SMILES string of the molecule is C1CCN(CCN(CCCN(CCN2CCCC2)CCN2CCCC2)CCN2CCCC2)C1. The molecule has 0 saturated carbocycles. The first-order valence-corrected chi connectivity index (χ1v) is 14.7. The van der Waals surface area contributed by atoms with Gasteiger partial charge in [-0.2, -0.15) is 0 Å². The highest BCUT2D eigenvalue weighted by Crippen LogP contribution is 2.11. The van der Waals surface area contributed by atoms with E-state index < -0.39 is 0 Å². The van der Waals surface area contributed by atoms with Crippen LogP contribution in [0.5, 0.6) is 0 Å². The minimum absolute atomic E-state index is 1.27. The smallest absolute Gasteiger partial charge is 0.0110 e. The largest absolute Gasteiger partial charge is 0.302 e. The monoisotopic (exact) mass is 462 g/mol. The Bertz CT molecular complexity index is 409. The van der Waals surface area contributed by atoms with E-state index in [0.29, 0.717) is 0 Å². The van der Waals surface area contributed by atoms with Gasteiger partial charge in [-0.05, 0) is 123 Å². The maximum atomic E-state index is 2.80. The van der Waals surface area contributed by atoms with E-state index in [9.17, 15) is 0 Å². The molecule has 4 aliphatic heterocycles. The Kier molecular flexibility index (Phi) is 11.7. The average molecular weight is 463 g/mol. The van der Waals surface area contributed by atoms with Gasteiger partial charge in [-0.1, -0.05) is 0 Å². The molecule has 0 bridgehead atoms. The van der Waals surface area contributed by atoms with Gasteiger partial charge in [0.2, 0.25) is 0 Å². The van der Waals surface area contributed by atoms with Gasteiger partial charge in [0, 0.05) is 52.4 Å². The molecule has 6 nitrogen and oxygen atoms in total. The molecule has 0 atom stereocenters. The van der Waals surface area contributed by atoms with E-state index in [0.717, 1.165) is 0 Å². The summed E-state index contributed by atoms with van der Waals surface area (Å²) in [4.78, 5) is 16.4. The fourth-order valence-corrected chi connectivity index (χ4v) is 6.35. The number of hydrogen-bond donors (Lipinski definition) is 0. The maximum absolute atomic E-state index is 2.80. The molecule has 33 heavy (non-hydrogen) atoms. The van der Waals surface area contributed by atoms with E-state index in [1.165, 1.54) is 176 Å². The standard InChI is InChI=1S/C27H54N6/c1-2-11-28(10-1)20-24-32(25-21-29-12-3-4-13-29)18-9-19-33(26-22-30-14-5-6-15-30)27-23-31-16-7-8-17-31/h1-27H2. The van der Waals surface area contributed by atoms with Crippen LogP contribution in [0.1, 0.15) is 57.8 Å². The first-order valence-electron chi connectivity index (χ1n) is 14.7. The summed E-state index contributed by atoms with van der Waals surface area (Å²) in [5.74, 6) is 0. The van der Waals surface area contributed by atoms with Crippen LogP contribution in [0.4, 0.5) is 0 Å². The summed E-state index contributed by atoms with van der Waals surface area (Å²) in [5, 5.41) is 0. The molecule has 0 radical (unpaired) electrons. The Balaban J connectivity index is 1.19. The van der Waals surface area contributed by atoms with Crippen LogP contribution in [-0.4, -0.2) is 147 Å². The van der Waals surface area contributed by atoms with Crippen LogP contribution in [-0.2, 0) is 0 Å². The minimum Gasteiger partial charge on any atom is -0.302 e. The van der Waals surface area contributed by atoms with Crippen LogP contribution in [0, 0.1) is 0 Å². The van der Waals surface area contributed by atoms with Crippen LogP contribution < -0.4 is 0 Å². The second-order valence-electron chi connectivity index (χ2n) is 11.2. The van der Waals surface area contributed by atoms with Crippen molar-refractivity contribution < 1.29 is 0 Å². The maximum Gasteiger partial charge on any atom is 0.0110 e. The first kappa shape index (κ1) is 25.8. The lowest BCUT2D eigenvalue weighted by Gasteiger charge is -2.30. The number of hydrogen-bond acceptors (Lipinski definition) is 6. The molecule has 4 fully saturated rings. The lowest BCUT2D eigenvalue weighted by atomic mass is 10.3. The summed E-state index contributed by atoms with van der Waals surface area (Å²) >= 11 is 0. The predicted molar refractivity (Wildman–Crippen MR) is 140 cm³/mol. The number of rotatable bonds is 16. The molecule has 0 aromatic carbocycles. The highest BCUT2D eigenvalue weighted by molar-refractivity contribution is 4.75. The molecule has 4 aliphatic rings. The molecule has 4 saturated heterocycles. The number of nitrogens with zero attached hydrogens (tertiary/aromatic N) is 6. The Labute approximate surface area is 205 Å². The third-order valence-electron chi connectivity index (χ3n) is 8.67. The molecule has 6 heteroatoms. The Morgan fingerprint density at radius 1 is 0.333 bits per heavy atom. The predicted octanol–water partition coefficient (Wildman–Crippen LogP) is 2.36. The molecule has 192 valence electrons. The molecular weight excluding hydrogens is 408 g/mol. The van der Waals surface area contributed by atoms with Crippen molar-refractivity contribution in [3.63, 3.8) is 0 Å². The van der Waals surface area contributed by atoms with Gasteiger partial charge < -0.3 is 29.4 Å². The van der Waals surface area contributed by atoms with Crippen molar-refractivity contribution in [2.45, 2.75) is 57.8 Å². The summed E-state index contributed by atoms with van der Waals surface area (Å²) in [6.45, 7) is 23.5. The van der Waals surface area contributed by atoms with Crippen molar-refractivity contribution in [3.05, 3.63) is 0 Å². The molecule has 4 rings (SSSR count). The van der Waals surface area contributed by atoms with E-state index in [-0.39, 0.29) is 0 Å². The van der Waals surface area contributed by atoms with Crippen LogP contribution in [0.25, 0.3) is 0 Å². The molecule has 0 aromatic heterocycles. The summed E-state index contributed by atoms with van der Waals surface area (Å²) < 4.78 is 0. The van der Waals surface area contributed by atoms with E-state index in [1.807, 2.05) is 0 Å². The Hall–Kier alpha value is -0.240. The highest BCUT2D eigenvalue weighted by Gasteiger charge is 2.18. The van der Waals surface area contributed by atoms with Crippen molar-refractivity contribution in [2.75, 3.05) is 118 Å². The molecule has 0 aliphatic carbocycles. The number of likely N-dealkylation sites (tertiary alicyclic amines) is 4. The third-order valence-corrected chi connectivity index (χ3v) is 8.67. The molecule has 0 N–H and O–H groups in total. The lowest BCUT2D eigenvalue weighted by molar-refractivity contribution is 0.169. The van der Waals surface area contributed by atoms with Gasteiger partial charge in [-0.25, -0.2) is 0 Å². The molecule has 4 heterocycles. The van der Waals surface area contributed by atoms with Gasteiger partial charge in [0.1, 0.15) is 0 Å². The van der Waals surface area contributed by atoms with E-state index in [2.05, 4.69) is 29.4 Å². The average Bonchev–Trinajstić information content (AvgIpc) is 3.65. The third kappa shape index (κ3) is 9.73. The Morgan fingerprint density at radius 3 is 0.818 bits per heavy atom. The van der Waals surface area contributed by atoms with E-state index >= 15 is 0 Å². The van der Waals surface area contributed by atoms with Crippen molar-refractivity contribution in [3.8, 4) is 0 Å². The van der Waals surface area contributed by atoms with Gasteiger partial charge in [0.05, 0.1) is 0 Å². The van der Waals surface area contributed by atoms with Crippen molar-refractivity contribution in [2.24, 2.45) is 0 Å². The van der Waals surface area contributed by atoms with E-state index in [1.54, 1.807) is 0 Å². The topological polar surface area (TPSA) is 19.4 Å².